The quantitative estimate of drug-likeness (QED) is 0.222. The number of aliphatic carboxylic acids is 1. The third-order valence-corrected chi connectivity index (χ3v) is 7.55. The van der Waals surface area contributed by atoms with E-state index in [2.05, 4.69) is 15.6 Å². The van der Waals surface area contributed by atoms with Crippen LogP contribution in [0.5, 0.6) is 0 Å². The second-order valence-corrected chi connectivity index (χ2v) is 10.2. The lowest BCUT2D eigenvalue weighted by Gasteiger charge is -2.33. The van der Waals surface area contributed by atoms with Gasteiger partial charge >= 0.3 is 5.97 Å². The van der Waals surface area contributed by atoms with Crippen LogP contribution in [0.1, 0.15) is 35.4 Å². The lowest BCUT2D eigenvalue weighted by Crippen LogP contribution is -2.55. The molecule has 0 aliphatic carbocycles. The van der Waals surface area contributed by atoms with Crippen molar-refractivity contribution in [2.75, 3.05) is 18.8 Å². The molecule has 1 saturated heterocycles. The zero-order valence-corrected chi connectivity index (χ0v) is 23.8. The van der Waals surface area contributed by atoms with Gasteiger partial charge in [0.05, 0.1) is 12.6 Å². The third kappa shape index (κ3) is 6.87. The number of carboxylic acids is 1. The van der Waals surface area contributed by atoms with Gasteiger partial charge in [0, 0.05) is 30.6 Å². The van der Waals surface area contributed by atoms with Crippen molar-refractivity contribution in [2.24, 2.45) is 0 Å². The molecule has 1 fully saturated rings. The van der Waals surface area contributed by atoms with E-state index in [1.807, 2.05) is 84.9 Å². The normalized spacial score (nSPS) is 15.3. The lowest BCUT2D eigenvalue weighted by molar-refractivity contribution is -0.141. The molecule has 1 aromatic heterocycles. The first-order valence-electron chi connectivity index (χ1n) is 13.7. The smallest absolute Gasteiger partial charge is 0.317 e. The minimum absolute atomic E-state index is 0. The summed E-state index contributed by atoms with van der Waals surface area (Å²) in [5.41, 5.74) is 8.62. The summed E-state index contributed by atoms with van der Waals surface area (Å²) in [6, 6.07) is 25.2. The van der Waals surface area contributed by atoms with Crippen molar-refractivity contribution in [1.29, 1.82) is 0 Å². The van der Waals surface area contributed by atoms with E-state index in [4.69, 9.17) is 5.73 Å². The molecule has 1 aliphatic heterocycles. The highest BCUT2D eigenvalue weighted by molar-refractivity contribution is 5.92. The number of carboxylic acid groups (broad SMARTS) is 1. The third-order valence-electron chi connectivity index (χ3n) is 7.55. The summed E-state index contributed by atoms with van der Waals surface area (Å²) in [6.07, 6.45) is 2.86. The molecule has 0 saturated carbocycles. The average Bonchev–Trinajstić information content (AvgIpc) is 3.49. The molecule has 218 valence electrons. The van der Waals surface area contributed by atoms with Gasteiger partial charge in [-0.3, -0.25) is 19.7 Å². The van der Waals surface area contributed by atoms with Crippen molar-refractivity contribution in [3.63, 3.8) is 0 Å². The number of aromatic nitrogens is 1. The van der Waals surface area contributed by atoms with Gasteiger partial charge in [0.1, 0.15) is 11.9 Å². The van der Waals surface area contributed by atoms with Crippen molar-refractivity contribution in [3.05, 3.63) is 108 Å². The molecule has 4 aromatic rings. The van der Waals surface area contributed by atoms with Crippen molar-refractivity contribution >= 4 is 46.8 Å². The maximum absolute atomic E-state index is 14.2. The second kappa shape index (κ2) is 13.9. The Morgan fingerprint density at radius 2 is 1.64 bits per heavy atom. The molecule has 42 heavy (non-hydrogen) atoms. The number of pyridine rings is 1. The van der Waals surface area contributed by atoms with E-state index in [-0.39, 0.29) is 30.8 Å². The number of benzene rings is 3. The molecule has 0 radical (unpaired) electrons. The molecule has 2 atom stereocenters. The van der Waals surface area contributed by atoms with Crippen LogP contribution in [-0.2, 0) is 20.9 Å². The minimum Gasteiger partial charge on any atom is -0.480 e. The van der Waals surface area contributed by atoms with Gasteiger partial charge in [0.25, 0.3) is 0 Å². The number of halogens is 1. The fourth-order valence-corrected chi connectivity index (χ4v) is 5.59. The summed E-state index contributed by atoms with van der Waals surface area (Å²) in [6.45, 7) is 0.326. The molecule has 9 nitrogen and oxygen atoms in total. The molecule has 0 bridgehead atoms. The first-order chi connectivity index (χ1) is 19.9. The molecule has 2 heterocycles. The van der Waals surface area contributed by atoms with Gasteiger partial charge in [-0.1, -0.05) is 72.8 Å². The highest BCUT2D eigenvalue weighted by Gasteiger charge is 2.40. The van der Waals surface area contributed by atoms with Gasteiger partial charge in [-0.25, -0.2) is 4.98 Å². The molecule has 0 unspecified atom stereocenters. The highest BCUT2D eigenvalue weighted by Crippen LogP contribution is 2.31. The predicted octanol–water partition coefficient (Wildman–Crippen LogP) is 3.72. The number of carbonyl (C=O) groups excluding carboxylic acids is 2. The summed E-state index contributed by atoms with van der Waals surface area (Å²) in [5, 5.41) is 17.2. The van der Waals surface area contributed by atoms with Crippen LogP contribution in [0.25, 0.3) is 10.8 Å². The Hall–Kier alpha value is -4.47. The molecule has 3 aromatic carbocycles. The largest absolute Gasteiger partial charge is 0.480 e. The SMILES string of the molecule is Cl.Nc1nccc2cc(CNC(=O)[C@@H]3CCCN3C(=O)[C@H](NCC(=O)O)C(c3ccccc3)c3ccccc3)ccc12. The van der Waals surface area contributed by atoms with E-state index >= 15 is 0 Å². The van der Waals surface area contributed by atoms with E-state index in [1.165, 1.54) is 0 Å². The maximum Gasteiger partial charge on any atom is 0.317 e. The maximum atomic E-state index is 14.2. The number of nitrogens with one attached hydrogen (secondary N) is 2. The number of nitrogens with zero attached hydrogens (tertiary/aromatic N) is 2. The summed E-state index contributed by atoms with van der Waals surface area (Å²) in [5.74, 6) is -1.60. The molecule has 0 spiro atoms. The van der Waals surface area contributed by atoms with Gasteiger partial charge in [-0.2, -0.15) is 0 Å². The van der Waals surface area contributed by atoms with Gasteiger partial charge in [-0.15, -0.1) is 12.4 Å². The van der Waals surface area contributed by atoms with Crippen molar-refractivity contribution in [3.8, 4) is 0 Å². The average molecular weight is 588 g/mol. The highest BCUT2D eigenvalue weighted by atomic mass is 35.5. The van der Waals surface area contributed by atoms with Crippen LogP contribution in [0.15, 0.2) is 91.1 Å². The Bertz CT molecular complexity index is 1500. The number of hydrogen-bond donors (Lipinski definition) is 4. The number of hydrogen-bond acceptors (Lipinski definition) is 6. The van der Waals surface area contributed by atoms with E-state index in [1.54, 1.807) is 11.1 Å². The van der Waals surface area contributed by atoms with Crippen LogP contribution in [0.3, 0.4) is 0 Å². The Balaban J connectivity index is 0.00000405. The van der Waals surface area contributed by atoms with Crippen molar-refractivity contribution in [2.45, 2.75) is 37.4 Å². The summed E-state index contributed by atoms with van der Waals surface area (Å²) >= 11 is 0. The number of fused-ring (bicyclic) bond motifs is 1. The number of likely N-dealkylation sites (tertiary alicyclic amines) is 1. The number of carbonyl (C=O) groups is 3. The van der Waals surface area contributed by atoms with Gasteiger partial charge in [0.2, 0.25) is 11.8 Å². The fraction of sp³-hybridized carbons (Fsp3) is 0.250. The molecule has 1 aliphatic rings. The summed E-state index contributed by atoms with van der Waals surface area (Å²) < 4.78 is 0. The van der Waals surface area contributed by atoms with E-state index < -0.39 is 24.0 Å². The minimum atomic E-state index is -1.06. The van der Waals surface area contributed by atoms with Crippen LogP contribution in [0.4, 0.5) is 5.82 Å². The van der Waals surface area contributed by atoms with Gasteiger partial charge in [-0.05, 0) is 47.1 Å². The summed E-state index contributed by atoms with van der Waals surface area (Å²) in [4.78, 5) is 44.9. The molecular weight excluding hydrogens is 554 g/mol. The first kappa shape index (κ1) is 30.5. The Labute approximate surface area is 250 Å². The molecule has 10 heteroatoms. The Kier molecular flexibility index (Phi) is 10.1. The molecule has 5 N–H and O–H groups in total. The molecule has 5 rings (SSSR count). The van der Waals surface area contributed by atoms with Crippen LogP contribution < -0.4 is 16.4 Å². The number of anilines is 1. The van der Waals surface area contributed by atoms with Crippen LogP contribution in [0.2, 0.25) is 0 Å². The number of nitrogen functional groups attached to an aromatic ring is 1. The van der Waals surface area contributed by atoms with E-state index in [0.717, 1.165) is 27.5 Å². The number of amides is 2. The zero-order chi connectivity index (χ0) is 28.8. The zero-order valence-electron chi connectivity index (χ0n) is 23.0. The number of nitrogens with two attached hydrogens (primary N) is 1. The topological polar surface area (TPSA) is 138 Å². The second-order valence-electron chi connectivity index (χ2n) is 10.2. The number of rotatable bonds is 10. The fourth-order valence-electron chi connectivity index (χ4n) is 5.59. The standard InChI is InChI=1S/C32H33N5O4.ClH/c33-30-25-14-13-21(18-24(25)15-16-34-30)19-36-31(40)26-12-7-17-37(26)32(41)29(35-20-27(38)39)28(22-8-3-1-4-9-22)23-10-5-2-6-11-23;/h1-6,8-11,13-16,18,26,28-29,35H,7,12,17,19-20H2,(H2,33,34)(H,36,40)(H,38,39);1H/t26-,29+;/m0./s1. The van der Waals surface area contributed by atoms with Gasteiger partial charge in [0.15, 0.2) is 0 Å². The molecule has 2 amide bonds. The Morgan fingerprint density at radius 1 is 0.976 bits per heavy atom. The van der Waals surface area contributed by atoms with Gasteiger partial charge < -0.3 is 21.1 Å². The van der Waals surface area contributed by atoms with E-state index in [0.29, 0.717) is 31.7 Å². The van der Waals surface area contributed by atoms with Crippen LogP contribution >= 0.6 is 12.4 Å². The molecular formula is C32H34ClN5O4. The lowest BCUT2D eigenvalue weighted by atomic mass is 9.84. The Morgan fingerprint density at radius 3 is 2.29 bits per heavy atom. The predicted molar refractivity (Wildman–Crippen MR) is 164 cm³/mol. The van der Waals surface area contributed by atoms with Crippen molar-refractivity contribution < 1.29 is 19.5 Å². The van der Waals surface area contributed by atoms with Crippen LogP contribution in [0, 0.1) is 0 Å². The first-order valence-corrected chi connectivity index (χ1v) is 13.7. The van der Waals surface area contributed by atoms with Crippen LogP contribution in [-0.4, -0.2) is 57.9 Å². The monoisotopic (exact) mass is 587 g/mol. The van der Waals surface area contributed by atoms with E-state index in [9.17, 15) is 19.5 Å². The van der Waals surface area contributed by atoms with Crippen molar-refractivity contribution in [1.82, 2.24) is 20.5 Å². The summed E-state index contributed by atoms with van der Waals surface area (Å²) in [7, 11) is 0.